The van der Waals surface area contributed by atoms with Crippen LogP contribution in [0.15, 0.2) is 43.7 Å². The first kappa shape index (κ1) is 12.9. The van der Waals surface area contributed by atoms with Gasteiger partial charge in [-0.05, 0) is 23.6 Å². The molecule has 0 saturated carbocycles. The van der Waals surface area contributed by atoms with Gasteiger partial charge in [-0.3, -0.25) is 0 Å². The third-order valence-corrected chi connectivity index (χ3v) is 4.10. The topological polar surface area (TPSA) is 89.4 Å². The third-order valence-electron chi connectivity index (χ3n) is 2.34. The maximum atomic E-state index is 10.7. The van der Waals surface area contributed by atoms with Gasteiger partial charge in [0.1, 0.15) is 0 Å². The summed E-state index contributed by atoms with van der Waals surface area (Å²) in [7, 11) is 0. The Bertz CT molecular complexity index is 717. The molecule has 1 N–H and O–H groups in total. The minimum atomic E-state index is -1.09. The van der Waals surface area contributed by atoms with Gasteiger partial charge in [0.15, 0.2) is 5.09 Å². The number of aromatic nitrogens is 2. The van der Waals surface area contributed by atoms with Crippen LogP contribution in [0.5, 0.6) is 0 Å². The molecule has 0 saturated heterocycles. The number of aromatic carboxylic acids is 1. The smallest absolute Gasteiger partial charge is 0.371 e. The summed E-state index contributed by atoms with van der Waals surface area (Å²) >= 11 is 2.83. The first-order valence-electron chi connectivity index (χ1n) is 5.55. The van der Waals surface area contributed by atoms with Gasteiger partial charge in [-0.15, -0.1) is 11.3 Å². The summed E-state index contributed by atoms with van der Waals surface area (Å²) in [5.74, 6) is 0.269. The monoisotopic (exact) mass is 308 g/mol. The zero-order valence-electron chi connectivity index (χ0n) is 9.98. The molecule has 0 spiro atoms. The molecule has 0 aromatic carbocycles. The van der Waals surface area contributed by atoms with Crippen LogP contribution in [0.3, 0.4) is 0 Å². The van der Waals surface area contributed by atoms with E-state index < -0.39 is 5.97 Å². The van der Waals surface area contributed by atoms with E-state index in [4.69, 9.17) is 14.0 Å². The van der Waals surface area contributed by atoms with Crippen molar-refractivity contribution in [2.45, 2.75) is 10.8 Å². The van der Waals surface area contributed by atoms with Crippen LogP contribution in [0.4, 0.5) is 0 Å². The van der Waals surface area contributed by atoms with Crippen molar-refractivity contribution in [2.75, 3.05) is 0 Å². The van der Waals surface area contributed by atoms with Crippen molar-refractivity contribution in [1.29, 1.82) is 0 Å². The Kier molecular flexibility index (Phi) is 3.57. The van der Waals surface area contributed by atoms with Crippen molar-refractivity contribution < 1.29 is 18.8 Å². The van der Waals surface area contributed by atoms with Crippen LogP contribution < -0.4 is 0 Å². The van der Waals surface area contributed by atoms with E-state index in [0.29, 0.717) is 22.6 Å². The van der Waals surface area contributed by atoms with Gasteiger partial charge in [-0.1, -0.05) is 23.0 Å². The maximum absolute atomic E-state index is 10.7. The Balaban J connectivity index is 1.65. The van der Waals surface area contributed by atoms with E-state index in [2.05, 4.69) is 10.1 Å². The van der Waals surface area contributed by atoms with E-state index in [9.17, 15) is 4.79 Å². The lowest BCUT2D eigenvalue weighted by atomic mass is 10.4. The Labute approximate surface area is 121 Å². The first-order chi connectivity index (χ1) is 9.72. The Morgan fingerprint density at radius 2 is 2.30 bits per heavy atom. The van der Waals surface area contributed by atoms with Crippen LogP contribution in [0.2, 0.25) is 0 Å². The number of nitrogens with zero attached hydrogens (tertiary/aromatic N) is 2. The van der Waals surface area contributed by atoms with Gasteiger partial charge < -0.3 is 14.0 Å². The van der Waals surface area contributed by atoms with Crippen LogP contribution in [-0.4, -0.2) is 21.2 Å². The summed E-state index contributed by atoms with van der Waals surface area (Å²) in [5.41, 5.74) is 0. The largest absolute Gasteiger partial charge is 0.475 e. The molecule has 3 rings (SSSR count). The zero-order chi connectivity index (χ0) is 13.9. The average Bonchev–Trinajstić information content (AvgIpc) is 3.17. The number of carboxylic acid groups (broad SMARTS) is 1. The molecule has 0 aliphatic heterocycles. The quantitative estimate of drug-likeness (QED) is 0.722. The van der Waals surface area contributed by atoms with Crippen molar-refractivity contribution >= 4 is 29.1 Å². The molecule has 20 heavy (non-hydrogen) atoms. The van der Waals surface area contributed by atoms with Gasteiger partial charge in [-0.25, -0.2) is 4.79 Å². The van der Waals surface area contributed by atoms with Crippen LogP contribution >= 0.6 is 23.1 Å². The predicted molar refractivity (Wildman–Crippen MR) is 72.8 cm³/mol. The van der Waals surface area contributed by atoms with Gasteiger partial charge in [0.25, 0.3) is 0 Å². The molecule has 3 aromatic rings. The molecular formula is C12H8N2O4S2. The van der Waals surface area contributed by atoms with E-state index in [1.165, 1.54) is 29.2 Å². The lowest BCUT2D eigenvalue weighted by Gasteiger charge is -1.91. The normalized spacial score (nSPS) is 10.8. The summed E-state index contributed by atoms with van der Waals surface area (Å²) in [5, 5.41) is 15.1. The highest BCUT2D eigenvalue weighted by molar-refractivity contribution is 7.98. The van der Waals surface area contributed by atoms with E-state index in [-0.39, 0.29) is 5.76 Å². The maximum Gasteiger partial charge on any atom is 0.371 e. The highest BCUT2D eigenvalue weighted by atomic mass is 32.2. The number of thiophene rings is 1. The number of furan rings is 1. The van der Waals surface area contributed by atoms with Crippen molar-refractivity contribution in [3.8, 4) is 10.7 Å². The van der Waals surface area contributed by atoms with Crippen molar-refractivity contribution in [2.24, 2.45) is 0 Å². The van der Waals surface area contributed by atoms with Crippen LogP contribution in [0.25, 0.3) is 10.7 Å². The molecule has 0 aliphatic rings. The second-order valence-electron chi connectivity index (χ2n) is 3.70. The molecule has 3 heterocycles. The van der Waals surface area contributed by atoms with Crippen LogP contribution in [0, 0.1) is 0 Å². The summed E-state index contributed by atoms with van der Waals surface area (Å²) in [6.07, 6.45) is 0. The summed E-state index contributed by atoms with van der Waals surface area (Å²) < 4.78 is 10.3. The predicted octanol–water partition coefficient (Wildman–Crippen LogP) is 3.38. The standard InChI is InChI=1S/C12H8N2O4S2/c15-12(16)7-3-4-10(17-7)20-6-9-13-11(14-18-9)8-2-1-5-19-8/h1-5H,6H2,(H,15,16). The van der Waals surface area contributed by atoms with Crippen LogP contribution in [0.1, 0.15) is 16.4 Å². The highest BCUT2D eigenvalue weighted by Crippen LogP contribution is 2.26. The molecule has 0 atom stereocenters. The number of thioether (sulfide) groups is 1. The fourth-order valence-corrected chi connectivity index (χ4v) is 2.81. The molecule has 0 unspecified atom stereocenters. The molecule has 102 valence electrons. The van der Waals surface area contributed by atoms with Gasteiger partial charge in [0.05, 0.1) is 10.6 Å². The first-order valence-corrected chi connectivity index (χ1v) is 7.41. The SMILES string of the molecule is O=C(O)c1ccc(SCc2nc(-c3cccs3)no2)o1. The van der Waals surface area contributed by atoms with E-state index in [1.807, 2.05) is 17.5 Å². The molecule has 3 aromatic heterocycles. The van der Waals surface area contributed by atoms with Gasteiger partial charge in [0.2, 0.25) is 17.5 Å². The Hall–Kier alpha value is -2.06. The fraction of sp³-hybridized carbons (Fsp3) is 0.0833. The molecular weight excluding hydrogens is 300 g/mol. The molecule has 0 amide bonds. The van der Waals surface area contributed by atoms with Gasteiger partial charge >= 0.3 is 5.97 Å². The average molecular weight is 308 g/mol. The van der Waals surface area contributed by atoms with Crippen molar-refractivity contribution in [1.82, 2.24) is 10.1 Å². The minimum absolute atomic E-state index is 0.0858. The highest BCUT2D eigenvalue weighted by Gasteiger charge is 2.12. The molecule has 8 heteroatoms. The summed E-state index contributed by atoms with van der Waals surface area (Å²) in [4.78, 5) is 15.9. The lowest BCUT2D eigenvalue weighted by Crippen LogP contribution is -1.91. The number of carboxylic acids is 1. The van der Waals surface area contributed by atoms with E-state index >= 15 is 0 Å². The van der Waals surface area contributed by atoms with E-state index in [0.717, 1.165) is 4.88 Å². The molecule has 0 fully saturated rings. The number of hydrogen-bond donors (Lipinski definition) is 1. The number of carbonyl (C=O) groups is 1. The number of rotatable bonds is 5. The second-order valence-corrected chi connectivity index (χ2v) is 5.63. The Morgan fingerprint density at radius 3 is 3.00 bits per heavy atom. The molecule has 0 aliphatic carbocycles. The third kappa shape index (κ3) is 2.75. The fourth-order valence-electron chi connectivity index (χ4n) is 1.46. The van der Waals surface area contributed by atoms with Crippen molar-refractivity contribution in [3.63, 3.8) is 0 Å². The lowest BCUT2D eigenvalue weighted by molar-refractivity contribution is 0.0656. The van der Waals surface area contributed by atoms with Crippen LogP contribution in [-0.2, 0) is 5.75 Å². The summed E-state index contributed by atoms with van der Waals surface area (Å²) in [6.45, 7) is 0. The minimum Gasteiger partial charge on any atom is -0.475 e. The molecule has 6 nitrogen and oxygen atoms in total. The van der Waals surface area contributed by atoms with Crippen molar-refractivity contribution in [3.05, 3.63) is 41.3 Å². The zero-order valence-corrected chi connectivity index (χ0v) is 11.6. The number of hydrogen-bond acceptors (Lipinski definition) is 7. The Morgan fingerprint density at radius 1 is 1.40 bits per heavy atom. The summed E-state index contributed by atoms with van der Waals surface area (Å²) in [6, 6.07) is 6.85. The van der Waals surface area contributed by atoms with Gasteiger partial charge in [-0.2, -0.15) is 4.98 Å². The van der Waals surface area contributed by atoms with Gasteiger partial charge in [0, 0.05) is 0 Å². The second kappa shape index (κ2) is 5.51. The van der Waals surface area contributed by atoms with E-state index in [1.54, 1.807) is 6.07 Å². The molecule has 0 bridgehead atoms. The molecule has 0 radical (unpaired) electrons.